The van der Waals surface area contributed by atoms with Crippen molar-refractivity contribution in [1.29, 1.82) is 0 Å². The van der Waals surface area contributed by atoms with E-state index in [4.69, 9.17) is 26.4 Å². The van der Waals surface area contributed by atoms with E-state index in [1.165, 1.54) is 29.1 Å². The molecule has 0 saturated carbocycles. The van der Waals surface area contributed by atoms with Gasteiger partial charge in [0.05, 0.1) is 42.8 Å². The maximum Gasteiger partial charge on any atom is 0.328 e. The van der Waals surface area contributed by atoms with Crippen molar-refractivity contribution in [3.8, 4) is 0 Å². The Labute approximate surface area is 404 Å². The third-order valence-electron chi connectivity index (χ3n) is 13.6. The number of benzene rings is 1. The minimum atomic E-state index is -0.934. The number of nitrogens with zero attached hydrogens (tertiary/aromatic N) is 4. The number of carbonyl (C=O) groups excluding carboxylic acids is 6. The van der Waals surface area contributed by atoms with Gasteiger partial charge in [0.25, 0.3) is 0 Å². The van der Waals surface area contributed by atoms with E-state index in [2.05, 4.69) is 10.6 Å². The fourth-order valence-electron chi connectivity index (χ4n) is 9.50. The van der Waals surface area contributed by atoms with Gasteiger partial charge in [-0.3, -0.25) is 24.0 Å². The average molecular weight is 957 g/mol. The van der Waals surface area contributed by atoms with E-state index in [1.807, 2.05) is 83.7 Å². The minimum Gasteiger partial charge on any atom is -0.467 e. The molecule has 2 aliphatic rings. The summed E-state index contributed by atoms with van der Waals surface area (Å²) >= 11 is 5.88. The molecule has 2 aliphatic heterocycles. The molecule has 0 spiro atoms. The highest BCUT2D eigenvalue weighted by Crippen LogP contribution is 2.30. The molecule has 0 aliphatic carbocycles. The lowest BCUT2D eigenvalue weighted by molar-refractivity contribution is -0.148. The lowest BCUT2D eigenvalue weighted by atomic mass is 9.89. The van der Waals surface area contributed by atoms with Crippen LogP contribution in [0.4, 0.5) is 0 Å². The molecule has 0 bridgehead atoms. The van der Waals surface area contributed by atoms with E-state index >= 15 is 0 Å². The maximum atomic E-state index is 14.6. The van der Waals surface area contributed by atoms with Crippen molar-refractivity contribution in [3.05, 3.63) is 48.0 Å². The number of rotatable bonds is 27. The lowest BCUT2D eigenvalue weighted by Crippen LogP contribution is -2.60. The Kier molecular flexibility index (Phi) is 23.4. The number of amides is 5. The predicted octanol–water partition coefficient (Wildman–Crippen LogP) is 4.51. The first-order valence-corrected chi connectivity index (χ1v) is 24.4. The molecule has 3 N–H and O–H groups in total. The fraction of sp³-hybridized carbons (Fsp3) is 0.700. The predicted molar refractivity (Wildman–Crippen MR) is 261 cm³/mol. The van der Waals surface area contributed by atoms with Gasteiger partial charge in [-0.05, 0) is 55.1 Å². The van der Waals surface area contributed by atoms with Gasteiger partial charge in [-0.1, -0.05) is 104 Å². The number of unbranched alkanes of at least 4 members (excludes halogenated alkanes) is 2. The largest absolute Gasteiger partial charge is 0.467 e. The molecule has 1 aromatic rings. The Morgan fingerprint density at radius 2 is 1.58 bits per heavy atom. The van der Waals surface area contributed by atoms with E-state index in [0.717, 1.165) is 12.0 Å². The molecular weight excluding hydrogens is 877 g/mol. The summed E-state index contributed by atoms with van der Waals surface area (Å²) in [7, 11) is 7.79. The molecule has 16 nitrogen and oxygen atoms in total. The van der Waals surface area contributed by atoms with Crippen LogP contribution in [0.1, 0.15) is 105 Å². The van der Waals surface area contributed by atoms with Crippen LogP contribution in [0.25, 0.3) is 0 Å². The summed E-state index contributed by atoms with van der Waals surface area (Å²) in [4.78, 5) is 88.0. The molecule has 1 saturated heterocycles. The number of ether oxygens (including phenoxy) is 3. The molecule has 10 atom stereocenters. The van der Waals surface area contributed by atoms with Gasteiger partial charge < -0.3 is 49.6 Å². The highest BCUT2D eigenvalue weighted by atomic mass is 32.1. The van der Waals surface area contributed by atoms with Gasteiger partial charge in [0.1, 0.15) is 24.4 Å². The van der Waals surface area contributed by atoms with Crippen LogP contribution in [-0.4, -0.2) is 162 Å². The number of aliphatic hydroxyl groups is 1. The third-order valence-corrected chi connectivity index (χ3v) is 14.1. The smallest absolute Gasteiger partial charge is 0.328 e. The molecule has 1 aromatic carbocycles. The van der Waals surface area contributed by atoms with Crippen LogP contribution < -0.4 is 10.6 Å². The van der Waals surface area contributed by atoms with Crippen molar-refractivity contribution in [3.63, 3.8) is 0 Å². The second kappa shape index (κ2) is 27.5. The minimum absolute atomic E-state index is 0.00873. The van der Waals surface area contributed by atoms with Gasteiger partial charge in [-0.25, -0.2) is 4.79 Å². The quantitative estimate of drug-likeness (QED) is 0.0638. The van der Waals surface area contributed by atoms with Gasteiger partial charge in [0, 0.05) is 66.2 Å². The van der Waals surface area contributed by atoms with Crippen molar-refractivity contribution in [2.75, 3.05) is 48.5 Å². The number of likely N-dealkylation sites (tertiary alicyclic amines) is 1. The normalized spacial score (nSPS) is 19.6. The summed E-state index contributed by atoms with van der Waals surface area (Å²) in [5, 5.41) is 16.2. The first-order valence-electron chi connectivity index (χ1n) is 24.0. The molecule has 3 rings (SSSR count). The number of aliphatic hydroxyl groups excluding tert-OH is 1. The summed E-state index contributed by atoms with van der Waals surface area (Å²) in [6.45, 7) is 14.3. The van der Waals surface area contributed by atoms with Gasteiger partial charge in [-0.2, -0.15) is 0 Å². The third kappa shape index (κ3) is 15.5. The molecule has 0 aromatic heterocycles. The number of hydrogen-bond donors (Lipinski definition) is 3. The fourth-order valence-corrected chi connectivity index (χ4v) is 9.78. The molecular formula is C50H80N6O10S. The van der Waals surface area contributed by atoms with E-state index in [1.54, 1.807) is 33.2 Å². The summed E-state index contributed by atoms with van der Waals surface area (Å²) in [6.07, 6.45) is 5.21. The summed E-state index contributed by atoms with van der Waals surface area (Å²) in [5.74, 6) is -2.84. The molecule has 0 radical (unpaired) electrons. The summed E-state index contributed by atoms with van der Waals surface area (Å²) in [5.41, 5.74) is 0.947. The zero-order valence-corrected chi connectivity index (χ0v) is 42.9. The number of likely N-dealkylation sites (N-methyl/N-ethyl adjacent to an activating group) is 2. The number of thiocarbonyl (C=S) groups is 1. The number of nitrogens with one attached hydrogen (secondary N) is 2. The molecule has 5 amide bonds. The monoisotopic (exact) mass is 957 g/mol. The van der Waals surface area contributed by atoms with Crippen molar-refractivity contribution >= 4 is 52.7 Å². The van der Waals surface area contributed by atoms with Crippen molar-refractivity contribution < 1.29 is 48.1 Å². The van der Waals surface area contributed by atoms with Crippen LogP contribution in [0.15, 0.2) is 42.5 Å². The molecule has 1 unspecified atom stereocenters. The van der Waals surface area contributed by atoms with Gasteiger partial charge in [0.2, 0.25) is 29.5 Å². The Balaban J connectivity index is 1.72. The number of hydrogen-bond acceptors (Lipinski definition) is 11. The number of carbonyl (C=O) groups is 6. The molecule has 376 valence electrons. The Morgan fingerprint density at radius 1 is 0.910 bits per heavy atom. The van der Waals surface area contributed by atoms with Crippen molar-refractivity contribution in [1.82, 2.24) is 30.2 Å². The molecule has 17 heteroatoms. The van der Waals surface area contributed by atoms with Crippen LogP contribution in [-0.2, 0) is 49.4 Å². The maximum absolute atomic E-state index is 14.6. The Bertz CT molecular complexity index is 1830. The van der Waals surface area contributed by atoms with Crippen LogP contribution in [0.3, 0.4) is 0 Å². The summed E-state index contributed by atoms with van der Waals surface area (Å²) < 4.78 is 17.3. The zero-order valence-electron chi connectivity index (χ0n) is 42.1. The van der Waals surface area contributed by atoms with E-state index in [9.17, 15) is 33.9 Å². The van der Waals surface area contributed by atoms with Crippen LogP contribution in [0.2, 0.25) is 0 Å². The standard InChI is InChI=1S/C50H80N6O10S/c1-13-33(6)45(54(9)49(62)43(31(2)3)52-47(61)44(32(4)5)53(8)39(57)24-18-15-19-27-56-40(58)25-26-41(56)59)38(64-10)30-42(60)55-28-20-23-37(55)46(65-11)34(7)48(67)51-36(50(63)66-12)29-35-21-16-14-17-22-35/h14,16-17,21-22,25-26,31-34,36-38,40,43-46,58H,13,15,18-20,23-24,27-30H2,1-12H3,(H,51,67)(H,52,61)/t33-,34+,36-,37-,38+,40?,43-,44-,45-,46+/m0/s1. The van der Waals surface area contributed by atoms with Crippen LogP contribution in [0.5, 0.6) is 0 Å². The lowest BCUT2D eigenvalue weighted by Gasteiger charge is -2.41. The zero-order chi connectivity index (χ0) is 50.1. The summed E-state index contributed by atoms with van der Waals surface area (Å²) in [6, 6.07) is 6.26. The van der Waals surface area contributed by atoms with Crippen LogP contribution in [0, 0.1) is 23.7 Å². The van der Waals surface area contributed by atoms with Gasteiger partial charge >= 0.3 is 5.97 Å². The van der Waals surface area contributed by atoms with Crippen molar-refractivity contribution in [2.45, 2.75) is 155 Å². The topological polar surface area (TPSA) is 187 Å². The van der Waals surface area contributed by atoms with Crippen LogP contribution >= 0.6 is 12.2 Å². The number of esters is 1. The first kappa shape index (κ1) is 56.9. The SMILES string of the molecule is CC[C@H](C)[C@@H]([C@@H](CC(=O)N1CCC[C@H]1[C@H](OC)[C@@H](C)C(=S)N[C@@H](Cc1ccccc1)C(=O)OC)OC)N(C)C(=O)[C@@H](NC(=O)[C@H](C(C)C)N(C)C(=O)CCCCCN1C(=O)C=CC1O)C(C)C. The highest BCUT2D eigenvalue weighted by Gasteiger charge is 2.43. The second-order valence-electron chi connectivity index (χ2n) is 18.9. The van der Waals surface area contributed by atoms with Gasteiger partial charge in [-0.15, -0.1) is 0 Å². The average Bonchev–Trinajstić information content (AvgIpc) is 3.92. The number of methoxy groups -OCH3 is 3. The Hall–Kier alpha value is -4.45. The first-order chi connectivity index (χ1) is 31.7. The Morgan fingerprint density at radius 3 is 2.13 bits per heavy atom. The van der Waals surface area contributed by atoms with E-state index in [0.29, 0.717) is 56.6 Å². The van der Waals surface area contributed by atoms with E-state index in [-0.39, 0.29) is 66.2 Å². The highest BCUT2D eigenvalue weighted by molar-refractivity contribution is 7.80. The van der Waals surface area contributed by atoms with E-state index < -0.39 is 54.5 Å². The van der Waals surface area contributed by atoms with Gasteiger partial charge in [0.15, 0.2) is 0 Å². The van der Waals surface area contributed by atoms with Crippen molar-refractivity contribution in [2.24, 2.45) is 23.7 Å². The molecule has 2 heterocycles. The molecule has 1 fully saturated rings. The molecule has 67 heavy (non-hydrogen) atoms. The second-order valence-corrected chi connectivity index (χ2v) is 19.3.